The van der Waals surface area contributed by atoms with E-state index in [2.05, 4.69) is 53.7 Å². The van der Waals surface area contributed by atoms with Crippen molar-refractivity contribution in [2.75, 3.05) is 0 Å². The van der Waals surface area contributed by atoms with Gasteiger partial charge in [0.05, 0.1) is 6.10 Å². The van der Waals surface area contributed by atoms with Crippen LogP contribution in [0.15, 0.2) is 23.3 Å². The van der Waals surface area contributed by atoms with E-state index in [1.807, 2.05) is 11.1 Å². The van der Waals surface area contributed by atoms with Gasteiger partial charge in [-0.2, -0.15) is 0 Å². The molecule has 3 fully saturated rings. The lowest BCUT2D eigenvalue weighted by atomic mass is 9.49. The van der Waals surface area contributed by atoms with Gasteiger partial charge in [0.2, 0.25) is 0 Å². The van der Waals surface area contributed by atoms with Crippen molar-refractivity contribution in [2.24, 2.45) is 46.3 Å². The number of aliphatic hydroxyl groups is 1. The Bertz CT molecular complexity index is 686. The number of aliphatic hydroxyl groups excluding tert-OH is 1. The molecular formula is C29H48O. The molecule has 3 saturated carbocycles. The molecule has 1 nitrogen and oxygen atoms in total. The Morgan fingerprint density at radius 2 is 1.77 bits per heavy atom. The van der Waals surface area contributed by atoms with Gasteiger partial charge < -0.3 is 5.11 Å². The number of rotatable bonds is 5. The average molecular weight is 413 g/mol. The van der Waals surface area contributed by atoms with Crippen molar-refractivity contribution >= 4 is 0 Å². The summed E-state index contributed by atoms with van der Waals surface area (Å²) in [6, 6.07) is 0. The van der Waals surface area contributed by atoms with Gasteiger partial charge in [-0.1, -0.05) is 64.8 Å². The van der Waals surface area contributed by atoms with Crippen molar-refractivity contribution in [3.8, 4) is 0 Å². The largest absolute Gasteiger partial charge is 0.393 e. The Kier molecular flexibility index (Phi) is 6.35. The molecule has 8 atom stereocenters. The van der Waals surface area contributed by atoms with E-state index in [0.29, 0.717) is 16.7 Å². The normalized spacial score (nSPS) is 43.5. The SMILES string of the molecule is CC[C@H](/C=C/[C@@H](C)[C@H]1CCC2=C3CCC4C[C@@H](O)CC[C@]4(C)[C@H]3CC[C@@]21C)C(C)C. The van der Waals surface area contributed by atoms with E-state index < -0.39 is 0 Å². The topological polar surface area (TPSA) is 20.2 Å². The van der Waals surface area contributed by atoms with Gasteiger partial charge >= 0.3 is 0 Å². The van der Waals surface area contributed by atoms with E-state index in [9.17, 15) is 5.11 Å². The third-order valence-electron chi connectivity index (χ3n) is 10.7. The summed E-state index contributed by atoms with van der Waals surface area (Å²) in [5.74, 6) is 4.54. The van der Waals surface area contributed by atoms with Crippen LogP contribution < -0.4 is 0 Å². The van der Waals surface area contributed by atoms with Crippen LogP contribution in [0.2, 0.25) is 0 Å². The standard InChI is InChI=1S/C29H48O/c1-7-21(19(2)3)9-8-20(4)25-12-13-26-24-11-10-22-18-23(30)14-16-28(22,5)27(24)15-17-29(25,26)6/h8-9,19-23,25,27,30H,7,10-18H2,1-6H3/b9-8+/t20-,21-,22?,23+,25-,27+,28+,29-/m1/s1. The summed E-state index contributed by atoms with van der Waals surface area (Å²) in [5, 5.41) is 10.3. The van der Waals surface area contributed by atoms with Crippen molar-refractivity contribution in [2.45, 2.75) is 112 Å². The minimum atomic E-state index is -0.0348. The van der Waals surface area contributed by atoms with Crippen molar-refractivity contribution in [3.63, 3.8) is 0 Å². The summed E-state index contributed by atoms with van der Waals surface area (Å²) >= 11 is 0. The van der Waals surface area contributed by atoms with Gasteiger partial charge in [-0.05, 0) is 111 Å². The van der Waals surface area contributed by atoms with Crippen molar-refractivity contribution < 1.29 is 5.11 Å². The Labute approximate surface area is 186 Å². The second-order valence-corrected chi connectivity index (χ2v) is 12.4. The van der Waals surface area contributed by atoms with Crippen LogP contribution >= 0.6 is 0 Å². The molecule has 170 valence electrons. The van der Waals surface area contributed by atoms with E-state index in [1.165, 1.54) is 51.4 Å². The highest BCUT2D eigenvalue weighted by Gasteiger charge is 2.55. The molecule has 0 aliphatic heterocycles. The predicted molar refractivity (Wildman–Crippen MR) is 128 cm³/mol. The van der Waals surface area contributed by atoms with Crippen LogP contribution in [-0.2, 0) is 0 Å². The van der Waals surface area contributed by atoms with E-state index in [1.54, 1.807) is 0 Å². The molecule has 0 bridgehead atoms. The van der Waals surface area contributed by atoms with E-state index >= 15 is 0 Å². The second kappa shape index (κ2) is 8.42. The van der Waals surface area contributed by atoms with Gasteiger partial charge in [0, 0.05) is 0 Å². The molecule has 30 heavy (non-hydrogen) atoms. The third-order valence-corrected chi connectivity index (χ3v) is 10.7. The predicted octanol–water partition coefficient (Wildman–Crippen LogP) is 7.94. The molecule has 4 aliphatic rings. The lowest BCUT2D eigenvalue weighted by molar-refractivity contribution is -0.0377. The zero-order chi connectivity index (χ0) is 21.7. The number of fused-ring (bicyclic) bond motifs is 4. The van der Waals surface area contributed by atoms with Crippen LogP contribution in [0.25, 0.3) is 0 Å². The first-order valence-electron chi connectivity index (χ1n) is 13.3. The fourth-order valence-electron chi connectivity index (χ4n) is 8.63. The van der Waals surface area contributed by atoms with Crippen LogP contribution in [0.5, 0.6) is 0 Å². The Morgan fingerprint density at radius 3 is 2.47 bits per heavy atom. The average Bonchev–Trinajstić information content (AvgIpc) is 3.06. The zero-order valence-electron chi connectivity index (χ0n) is 20.7. The molecule has 4 aliphatic carbocycles. The van der Waals surface area contributed by atoms with E-state index in [4.69, 9.17) is 0 Å². The molecule has 1 N–H and O–H groups in total. The molecule has 4 rings (SSSR count). The monoisotopic (exact) mass is 412 g/mol. The lowest BCUT2D eigenvalue weighted by Crippen LogP contribution is -2.48. The number of hydrogen-bond acceptors (Lipinski definition) is 1. The van der Waals surface area contributed by atoms with Gasteiger partial charge in [-0.25, -0.2) is 0 Å². The highest BCUT2D eigenvalue weighted by atomic mass is 16.3. The first kappa shape index (κ1) is 22.6. The third kappa shape index (κ3) is 3.66. The van der Waals surface area contributed by atoms with Gasteiger partial charge in [0.25, 0.3) is 0 Å². The first-order valence-corrected chi connectivity index (χ1v) is 13.3. The van der Waals surface area contributed by atoms with Crippen LogP contribution in [0.3, 0.4) is 0 Å². The maximum Gasteiger partial charge on any atom is 0.0543 e. The Morgan fingerprint density at radius 1 is 1.00 bits per heavy atom. The van der Waals surface area contributed by atoms with Crippen molar-refractivity contribution in [3.05, 3.63) is 23.3 Å². The Hall–Kier alpha value is -0.560. The molecule has 0 aromatic carbocycles. The minimum Gasteiger partial charge on any atom is -0.393 e. The number of allylic oxidation sites excluding steroid dienone is 4. The smallest absolute Gasteiger partial charge is 0.0543 e. The summed E-state index contributed by atoms with van der Waals surface area (Å²) in [5.41, 5.74) is 4.68. The molecule has 0 aromatic heterocycles. The summed E-state index contributed by atoms with van der Waals surface area (Å²) in [6.07, 6.45) is 17.9. The van der Waals surface area contributed by atoms with Crippen LogP contribution in [0.4, 0.5) is 0 Å². The molecule has 1 heteroatoms. The summed E-state index contributed by atoms with van der Waals surface area (Å²) in [4.78, 5) is 0. The molecule has 0 spiro atoms. The van der Waals surface area contributed by atoms with Crippen molar-refractivity contribution in [1.82, 2.24) is 0 Å². The minimum absolute atomic E-state index is 0.0348. The van der Waals surface area contributed by atoms with Crippen LogP contribution in [0, 0.1) is 46.3 Å². The quantitative estimate of drug-likeness (QED) is 0.454. The molecule has 0 heterocycles. The Balaban J connectivity index is 1.57. The molecule has 0 saturated heterocycles. The molecule has 0 aromatic rings. The molecule has 1 unspecified atom stereocenters. The zero-order valence-corrected chi connectivity index (χ0v) is 20.7. The molecule has 0 radical (unpaired) electrons. The molecule has 0 amide bonds. The van der Waals surface area contributed by atoms with Crippen LogP contribution in [-0.4, -0.2) is 11.2 Å². The number of hydrogen-bond donors (Lipinski definition) is 1. The maximum atomic E-state index is 10.3. The van der Waals surface area contributed by atoms with Gasteiger partial charge in [-0.15, -0.1) is 0 Å². The van der Waals surface area contributed by atoms with Gasteiger partial charge in [0.15, 0.2) is 0 Å². The van der Waals surface area contributed by atoms with Gasteiger partial charge in [0.1, 0.15) is 0 Å². The summed E-state index contributed by atoms with van der Waals surface area (Å²) in [7, 11) is 0. The van der Waals surface area contributed by atoms with E-state index in [-0.39, 0.29) is 6.10 Å². The maximum absolute atomic E-state index is 10.3. The highest BCUT2D eigenvalue weighted by Crippen LogP contribution is 2.65. The molecular weight excluding hydrogens is 364 g/mol. The van der Waals surface area contributed by atoms with Crippen LogP contribution in [0.1, 0.15) is 106 Å². The summed E-state index contributed by atoms with van der Waals surface area (Å²) < 4.78 is 0. The van der Waals surface area contributed by atoms with Crippen molar-refractivity contribution in [1.29, 1.82) is 0 Å². The lowest BCUT2D eigenvalue weighted by Gasteiger charge is -2.56. The fraction of sp³-hybridized carbons (Fsp3) is 0.862. The first-order chi connectivity index (χ1) is 14.2. The fourth-order valence-corrected chi connectivity index (χ4v) is 8.63. The van der Waals surface area contributed by atoms with E-state index in [0.717, 1.165) is 42.4 Å². The summed E-state index contributed by atoms with van der Waals surface area (Å²) in [6.45, 7) is 14.8. The van der Waals surface area contributed by atoms with Gasteiger partial charge in [-0.3, -0.25) is 0 Å². The second-order valence-electron chi connectivity index (χ2n) is 12.4. The highest BCUT2D eigenvalue weighted by molar-refractivity contribution is 5.35.